The zero-order chi connectivity index (χ0) is 12.5. The van der Waals surface area contributed by atoms with Crippen molar-refractivity contribution in [2.45, 2.75) is 26.8 Å². The maximum absolute atomic E-state index is 5.71. The van der Waals surface area contributed by atoms with Crippen LogP contribution in [0.1, 0.15) is 32.4 Å². The number of fused-ring (bicyclic) bond motifs is 1. The Morgan fingerprint density at radius 1 is 1.24 bits per heavy atom. The zero-order valence-corrected chi connectivity index (χ0v) is 10.6. The Hall–Kier alpha value is -1.26. The molecular weight excluding hydrogens is 216 g/mol. The minimum atomic E-state index is 0.00464. The summed E-state index contributed by atoms with van der Waals surface area (Å²) in [5.74, 6) is 7.30. The fourth-order valence-electron chi connectivity index (χ4n) is 2.13. The van der Waals surface area contributed by atoms with E-state index in [1.807, 2.05) is 18.2 Å². The average Bonchev–Trinajstić information content (AvgIpc) is 2.28. The van der Waals surface area contributed by atoms with Crippen LogP contribution in [0.4, 0.5) is 0 Å². The van der Waals surface area contributed by atoms with Crippen LogP contribution >= 0.6 is 0 Å². The van der Waals surface area contributed by atoms with Crippen LogP contribution < -0.4 is 20.7 Å². The number of hydrazine groups is 1. The Morgan fingerprint density at radius 3 is 2.59 bits per heavy atom. The summed E-state index contributed by atoms with van der Waals surface area (Å²) in [6.45, 7) is 7.61. The summed E-state index contributed by atoms with van der Waals surface area (Å²) in [7, 11) is 0. The van der Waals surface area contributed by atoms with Crippen molar-refractivity contribution in [3.8, 4) is 11.5 Å². The summed E-state index contributed by atoms with van der Waals surface area (Å²) in [6, 6.07) is 5.95. The normalized spacial score (nSPS) is 16.7. The second-order valence-electron chi connectivity index (χ2n) is 5.34. The van der Waals surface area contributed by atoms with Crippen molar-refractivity contribution < 1.29 is 9.47 Å². The van der Waals surface area contributed by atoms with Gasteiger partial charge in [0.15, 0.2) is 11.5 Å². The van der Waals surface area contributed by atoms with E-state index in [4.69, 9.17) is 15.3 Å². The molecule has 1 aliphatic rings. The summed E-state index contributed by atoms with van der Waals surface area (Å²) in [5.41, 5.74) is 3.93. The first-order chi connectivity index (χ1) is 8.04. The molecule has 0 fully saturated rings. The van der Waals surface area contributed by atoms with Crippen molar-refractivity contribution in [1.29, 1.82) is 0 Å². The van der Waals surface area contributed by atoms with Crippen LogP contribution in [-0.2, 0) is 0 Å². The van der Waals surface area contributed by atoms with Gasteiger partial charge in [-0.2, -0.15) is 0 Å². The topological polar surface area (TPSA) is 56.5 Å². The van der Waals surface area contributed by atoms with Crippen LogP contribution in [0.15, 0.2) is 18.2 Å². The molecule has 0 spiro atoms. The molecule has 1 heterocycles. The van der Waals surface area contributed by atoms with Gasteiger partial charge in [-0.1, -0.05) is 32.9 Å². The first-order valence-corrected chi connectivity index (χ1v) is 5.88. The van der Waals surface area contributed by atoms with Gasteiger partial charge in [-0.3, -0.25) is 11.3 Å². The lowest BCUT2D eigenvalue weighted by atomic mass is 9.82. The monoisotopic (exact) mass is 236 g/mol. The molecule has 1 aromatic rings. The first-order valence-electron chi connectivity index (χ1n) is 5.88. The highest BCUT2D eigenvalue weighted by Gasteiger charge is 2.30. The van der Waals surface area contributed by atoms with E-state index in [-0.39, 0.29) is 11.5 Å². The Bertz CT molecular complexity index is 399. The number of rotatable bonds is 2. The fourth-order valence-corrected chi connectivity index (χ4v) is 2.13. The Labute approximate surface area is 102 Å². The highest BCUT2D eigenvalue weighted by molar-refractivity contribution is 5.49. The maximum Gasteiger partial charge on any atom is 0.166 e. The van der Waals surface area contributed by atoms with E-state index >= 15 is 0 Å². The molecule has 1 aromatic carbocycles. The Morgan fingerprint density at radius 2 is 1.94 bits per heavy atom. The van der Waals surface area contributed by atoms with E-state index in [1.54, 1.807) is 0 Å². The molecule has 1 aliphatic heterocycles. The molecule has 1 atom stereocenters. The highest BCUT2D eigenvalue weighted by Crippen LogP contribution is 2.42. The van der Waals surface area contributed by atoms with Gasteiger partial charge < -0.3 is 9.47 Å². The number of para-hydroxylation sites is 1. The summed E-state index contributed by atoms with van der Waals surface area (Å²) >= 11 is 0. The molecule has 0 amide bonds. The van der Waals surface area contributed by atoms with Crippen LogP contribution in [0.25, 0.3) is 0 Å². The summed E-state index contributed by atoms with van der Waals surface area (Å²) < 4.78 is 11.3. The molecule has 4 nitrogen and oxygen atoms in total. The summed E-state index contributed by atoms with van der Waals surface area (Å²) in [6.07, 6.45) is 0. The molecule has 0 bridgehead atoms. The lowest BCUT2D eigenvalue weighted by Crippen LogP contribution is -2.37. The first kappa shape index (κ1) is 12.2. The minimum Gasteiger partial charge on any atom is -0.486 e. The molecule has 0 aromatic heterocycles. The lowest BCUT2D eigenvalue weighted by Gasteiger charge is -2.33. The molecule has 0 saturated heterocycles. The molecular formula is C13H20N2O2. The van der Waals surface area contributed by atoms with Crippen molar-refractivity contribution >= 4 is 0 Å². The third-order valence-corrected chi connectivity index (χ3v) is 2.94. The molecule has 1 unspecified atom stereocenters. The Kier molecular flexibility index (Phi) is 3.26. The summed E-state index contributed by atoms with van der Waals surface area (Å²) in [5, 5.41) is 0. The number of nitrogens with two attached hydrogens (primary N) is 1. The van der Waals surface area contributed by atoms with Crippen molar-refractivity contribution in [1.82, 2.24) is 5.43 Å². The van der Waals surface area contributed by atoms with E-state index < -0.39 is 0 Å². The standard InChI is InChI=1S/C13H20N2O2/c1-13(2,3)12(15-14)9-5-4-6-10-11(9)17-8-7-16-10/h4-6,12,15H,7-8,14H2,1-3H3. The van der Waals surface area contributed by atoms with E-state index in [0.29, 0.717) is 13.2 Å². The van der Waals surface area contributed by atoms with Gasteiger partial charge in [0.25, 0.3) is 0 Å². The number of nitrogens with one attached hydrogen (secondary N) is 1. The van der Waals surface area contributed by atoms with E-state index in [2.05, 4.69) is 26.2 Å². The lowest BCUT2D eigenvalue weighted by molar-refractivity contribution is 0.164. The van der Waals surface area contributed by atoms with Gasteiger partial charge in [-0.25, -0.2) is 0 Å². The van der Waals surface area contributed by atoms with Gasteiger partial charge >= 0.3 is 0 Å². The molecule has 4 heteroatoms. The van der Waals surface area contributed by atoms with Crippen LogP contribution in [-0.4, -0.2) is 13.2 Å². The SMILES string of the molecule is CC(C)(C)C(NN)c1cccc2c1OCCO2. The second kappa shape index (κ2) is 4.55. The van der Waals surface area contributed by atoms with Crippen LogP contribution in [0.2, 0.25) is 0 Å². The van der Waals surface area contributed by atoms with E-state index in [9.17, 15) is 0 Å². The number of hydrogen-bond acceptors (Lipinski definition) is 4. The smallest absolute Gasteiger partial charge is 0.166 e. The van der Waals surface area contributed by atoms with Gasteiger partial charge in [0.1, 0.15) is 13.2 Å². The molecule has 17 heavy (non-hydrogen) atoms. The fraction of sp³-hybridized carbons (Fsp3) is 0.538. The third kappa shape index (κ3) is 2.37. The maximum atomic E-state index is 5.71. The molecule has 0 radical (unpaired) electrons. The summed E-state index contributed by atoms with van der Waals surface area (Å²) in [4.78, 5) is 0. The van der Waals surface area contributed by atoms with Crippen molar-refractivity contribution in [2.75, 3.05) is 13.2 Å². The minimum absolute atomic E-state index is 0.00464. The van der Waals surface area contributed by atoms with Crippen LogP contribution in [0, 0.1) is 5.41 Å². The molecule has 0 saturated carbocycles. The van der Waals surface area contributed by atoms with E-state index in [0.717, 1.165) is 17.1 Å². The molecule has 2 rings (SSSR count). The van der Waals surface area contributed by atoms with Gasteiger partial charge in [0, 0.05) is 5.56 Å². The Balaban J connectivity index is 2.44. The number of hydrogen-bond donors (Lipinski definition) is 2. The molecule has 94 valence electrons. The van der Waals surface area contributed by atoms with Crippen molar-refractivity contribution in [2.24, 2.45) is 11.3 Å². The van der Waals surface area contributed by atoms with Crippen LogP contribution in [0.3, 0.4) is 0 Å². The third-order valence-electron chi connectivity index (χ3n) is 2.94. The van der Waals surface area contributed by atoms with Gasteiger partial charge in [-0.15, -0.1) is 0 Å². The predicted molar refractivity (Wildman–Crippen MR) is 67.0 cm³/mol. The highest BCUT2D eigenvalue weighted by atomic mass is 16.6. The number of ether oxygens (including phenoxy) is 2. The van der Waals surface area contributed by atoms with Gasteiger partial charge in [-0.05, 0) is 11.5 Å². The van der Waals surface area contributed by atoms with E-state index in [1.165, 1.54) is 0 Å². The van der Waals surface area contributed by atoms with Crippen molar-refractivity contribution in [3.05, 3.63) is 23.8 Å². The number of benzene rings is 1. The second-order valence-corrected chi connectivity index (χ2v) is 5.34. The quantitative estimate of drug-likeness (QED) is 0.609. The van der Waals surface area contributed by atoms with Crippen molar-refractivity contribution in [3.63, 3.8) is 0 Å². The van der Waals surface area contributed by atoms with Crippen LogP contribution in [0.5, 0.6) is 11.5 Å². The van der Waals surface area contributed by atoms with Gasteiger partial charge in [0.05, 0.1) is 6.04 Å². The van der Waals surface area contributed by atoms with Gasteiger partial charge in [0.2, 0.25) is 0 Å². The zero-order valence-electron chi connectivity index (χ0n) is 10.6. The predicted octanol–water partition coefficient (Wildman–Crippen LogP) is 2.01. The molecule has 0 aliphatic carbocycles. The largest absolute Gasteiger partial charge is 0.486 e. The molecule has 3 N–H and O–H groups in total. The average molecular weight is 236 g/mol.